The van der Waals surface area contributed by atoms with Crippen LogP contribution in [-0.4, -0.2) is 14.7 Å². The van der Waals surface area contributed by atoms with E-state index in [9.17, 15) is 12.8 Å². The number of nitrogens with one attached hydrogen (secondary N) is 1. The Kier molecular flexibility index (Phi) is 3.91. The molecule has 102 valence electrons. The fourth-order valence-electron chi connectivity index (χ4n) is 1.68. The second kappa shape index (κ2) is 5.30. The molecule has 1 N–H and O–H groups in total. The largest absolute Gasteiger partial charge is 0.376 e. The normalized spacial score (nSPS) is 13.2. The van der Waals surface area contributed by atoms with Gasteiger partial charge in [-0.1, -0.05) is 0 Å². The molecule has 0 radical (unpaired) electrons. The van der Waals surface area contributed by atoms with Crippen LogP contribution < -0.4 is 5.32 Å². The Morgan fingerprint density at radius 1 is 1.32 bits per heavy atom. The number of benzene rings is 1. The quantitative estimate of drug-likeness (QED) is 0.879. The Morgan fingerprint density at radius 2 is 2.05 bits per heavy atom. The standard InChI is InChI=1S/C13H14FNO2S2/c1-9(10-5-6-18-8-10)15-13-7-11(19(2,16)17)3-4-12(13)14/h3-9,15H,1-2H3. The summed E-state index contributed by atoms with van der Waals surface area (Å²) in [6, 6.07) is 5.62. The Hall–Kier alpha value is -1.40. The zero-order valence-corrected chi connectivity index (χ0v) is 12.2. The van der Waals surface area contributed by atoms with Crippen molar-refractivity contribution in [2.45, 2.75) is 17.9 Å². The number of thiophene rings is 1. The molecule has 0 spiro atoms. The highest BCUT2D eigenvalue weighted by Crippen LogP contribution is 2.25. The van der Waals surface area contributed by atoms with E-state index in [-0.39, 0.29) is 16.6 Å². The van der Waals surface area contributed by atoms with E-state index in [1.165, 1.54) is 18.2 Å². The lowest BCUT2D eigenvalue weighted by Gasteiger charge is -2.15. The second-order valence-corrected chi connectivity index (χ2v) is 7.13. The Morgan fingerprint density at radius 3 is 2.63 bits per heavy atom. The maximum atomic E-state index is 13.7. The molecule has 1 aromatic heterocycles. The lowest BCUT2D eigenvalue weighted by molar-refractivity contribution is 0.600. The minimum Gasteiger partial charge on any atom is -0.376 e. The van der Waals surface area contributed by atoms with Crippen LogP contribution in [0.15, 0.2) is 39.9 Å². The highest BCUT2D eigenvalue weighted by molar-refractivity contribution is 7.90. The van der Waals surface area contributed by atoms with Crippen molar-refractivity contribution in [3.63, 3.8) is 0 Å². The topological polar surface area (TPSA) is 46.2 Å². The van der Waals surface area contributed by atoms with E-state index in [4.69, 9.17) is 0 Å². The van der Waals surface area contributed by atoms with Crippen LogP contribution >= 0.6 is 11.3 Å². The predicted octanol–water partition coefficient (Wildman–Crippen LogP) is 3.46. The first-order valence-electron chi connectivity index (χ1n) is 5.66. The molecule has 0 bridgehead atoms. The van der Waals surface area contributed by atoms with Gasteiger partial charge >= 0.3 is 0 Å². The summed E-state index contributed by atoms with van der Waals surface area (Å²) in [6.07, 6.45) is 1.10. The van der Waals surface area contributed by atoms with Crippen molar-refractivity contribution in [2.24, 2.45) is 0 Å². The fourth-order valence-corrected chi connectivity index (χ4v) is 3.08. The van der Waals surface area contributed by atoms with Gasteiger partial charge in [0, 0.05) is 12.3 Å². The van der Waals surface area contributed by atoms with Crippen molar-refractivity contribution >= 4 is 26.9 Å². The molecule has 0 amide bonds. The van der Waals surface area contributed by atoms with Crippen LogP contribution in [0.25, 0.3) is 0 Å². The van der Waals surface area contributed by atoms with E-state index in [0.717, 1.165) is 11.8 Å². The van der Waals surface area contributed by atoms with Gasteiger partial charge in [0.1, 0.15) is 5.82 Å². The van der Waals surface area contributed by atoms with Crippen LogP contribution in [0.2, 0.25) is 0 Å². The van der Waals surface area contributed by atoms with Crippen LogP contribution in [0, 0.1) is 5.82 Å². The third-order valence-electron chi connectivity index (χ3n) is 2.78. The van der Waals surface area contributed by atoms with Crippen molar-refractivity contribution < 1.29 is 12.8 Å². The second-order valence-electron chi connectivity index (χ2n) is 4.34. The van der Waals surface area contributed by atoms with Crippen molar-refractivity contribution in [2.75, 3.05) is 11.6 Å². The summed E-state index contributed by atoms with van der Waals surface area (Å²) in [5.41, 5.74) is 1.23. The molecule has 1 atom stereocenters. The Labute approximate surface area is 116 Å². The van der Waals surface area contributed by atoms with E-state index in [2.05, 4.69) is 5.32 Å². The zero-order chi connectivity index (χ0) is 14.0. The smallest absolute Gasteiger partial charge is 0.175 e. The maximum Gasteiger partial charge on any atom is 0.175 e. The van der Waals surface area contributed by atoms with Crippen LogP contribution in [0.3, 0.4) is 0 Å². The summed E-state index contributed by atoms with van der Waals surface area (Å²) in [7, 11) is -3.34. The molecule has 19 heavy (non-hydrogen) atoms. The van der Waals surface area contributed by atoms with E-state index in [1.807, 2.05) is 23.8 Å². The number of anilines is 1. The molecular formula is C13H14FNO2S2. The molecule has 0 saturated heterocycles. The molecule has 1 unspecified atom stereocenters. The highest BCUT2D eigenvalue weighted by atomic mass is 32.2. The molecular weight excluding hydrogens is 285 g/mol. The predicted molar refractivity (Wildman–Crippen MR) is 75.9 cm³/mol. The molecule has 2 rings (SSSR count). The first-order valence-corrected chi connectivity index (χ1v) is 8.49. The van der Waals surface area contributed by atoms with Gasteiger partial charge in [0.25, 0.3) is 0 Å². The third-order valence-corrected chi connectivity index (χ3v) is 4.59. The van der Waals surface area contributed by atoms with Crippen LogP contribution in [-0.2, 0) is 9.84 Å². The summed E-state index contributed by atoms with van der Waals surface area (Å²) >= 11 is 1.56. The minimum atomic E-state index is -3.34. The molecule has 2 aromatic rings. The van der Waals surface area contributed by atoms with Gasteiger partial charge in [-0.25, -0.2) is 12.8 Å². The van der Waals surface area contributed by atoms with E-state index < -0.39 is 15.7 Å². The summed E-state index contributed by atoms with van der Waals surface area (Å²) in [6.45, 7) is 1.90. The average Bonchev–Trinajstić information content (AvgIpc) is 2.84. The van der Waals surface area contributed by atoms with Gasteiger partial charge in [0.2, 0.25) is 0 Å². The van der Waals surface area contributed by atoms with Crippen molar-refractivity contribution in [1.82, 2.24) is 0 Å². The number of hydrogen-bond donors (Lipinski definition) is 1. The molecule has 0 saturated carbocycles. The van der Waals surface area contributed by atoms with Crippen molar-refractivity contribution in [3.05, 3.63) is 46.4 Å². The lowest BCUT2D eigenvalue weighted by Crippen LogP contribution is -2.08. The summed E-state index contributed by atoms with van der Waals surface area (Å²) in [5.74, 6) is -0.463. The van der Waals surface area contributed by atoms with Gasteiger partial charge in [0.05, 0.1) is 10.6 Å². The molecule has 0 aliphatic heterocycles. The summed E-state index contributed by atoms with van der Waals surface area (Å²) < 4.78 is 36.6. The molecule has 0 aliphatic carbocycles. The van der Waals surface area contributed by atoms with Gasteiger partial charge in [-0.05, 0) is 47.5 Å². The van der Waals surface area contributed by atoms with Gasteiger partial charge in [-0.3, -0.25) is 0 Å². The molecule has 0 aliphatic rings. The SMILES string of the molecule is CC(Nc1cc(S(C)(=O)=O)ccc1F)c1ccsc1. The first kappa shape index (κ1) is 14.0. The van der Waals surface area contributed by atoms with Crippen LogP contribution in [0.5, 0.6) is 0 Å². The van der Waals surface area contributed by atoms with Crippen LogP contribution in [0.1, 0.15) is 18.5 Å². The van der Waals surface area contributed by atoms with Gasteiger partial charge in [-0.15, -0.1) is 0 Å². The summed E-state index contributed by atoms with van der Waals surface area (Å²) in [5, 5.41) is 6.90. The van der Waals surface area contributed by atoms with Gasteiger partial charge in [-0.2, -0.15) is 11.3 Å². The third kappa shape index (κ3) is 3.33. The van der Waals surface area contributed by atoms with Crippen molar-refractivity contribution in [1.29, 1.82) is 0 Å². The molecule has 1 heterocycles. The minimum absolute atomic E-state index is 0.0874. The Bertz CT molecular complexity index is 666. The number of hydrogen-bond acceptors (Lipinski definition) is 4. The Balaban J connectivity index is 2.30. The van der Waals surface area contributed by atoms with Gasteiger partial charge in [0.15, 0.2) is 9.84 Å². The lowest BCUT2D eigenvalue weighted by atomic mass is 10.1. The monoisotopic (exact) mass is 299 g/mol. The van der Waals surface area contributed by atoms with E-state index in [0.29, 0.717) is 0 Å². The average molecular weight is 299 g/mol. The number of rotatable bonds is 4. The zero-order valence-electron chi connectivity index (χ0n) is 10.6. The fraction of sp³-hybridized carbons (Fsp3) is 0.231. The number of sulfone groups is 1. The molecule has 1 aromatic carbocycles. The van der Waals surface area contributed by atoms with Crippen LogP contribution in [0.4, 0.5) is 10.1 Å². The van der Waals surface area contributed by atoms with Crippen molar-refractivity contribution in [3.8, 4) is 0 Å². The maximum absolute atomic E-state index is 13.7. The van der Waals surface area contributed by atoms with Gasteiger partial charge < -0.3 is 5.32 Å². The molecule has 6 heteroatoms. The first-order chi connectivity index (χ1) is 8.88. The highest BCUT2D eigenvalue weighted by Gasteiger charge is 2.13. The number of halogens is 1. The molecule has 3 nitrogen and oxygen atoms in total. The molecule has 0 fully saturated rings. The van der Waals surface area contributed by atoms with E-state index in [1.54, 1.807) is 11.3 Å². The van der Waals surface area contributed by atoms with E-state index >= 15 is 0 Å². The summed E-state index contributed by atoms with van der Waals surface area (Å²) in [4.78, 5) is 0.105.